The van der Waals surface area contributed by atoms with E-state index in [2.05, 4.69) is 15.0 Å². The van der Waals surface area contributed by atoms with Crippen molar-refractivity contribution in [1.29, 1.82) is 0 Å². The van der Waals surface area contributed by atoms with E-state index < -0.39 is 10.0 Å². The highest BCUT2D eigenvalue weighted by Crippen LogP contribution is 2.34. The summed E-state index contributed by atoms with van der Waals surface area (Å²) in [6, 6.07) is 0. The van der Waals surface area contributed by atoms with E-state index in [1.807, 2.05) is 27.7 Å². The molecule has 1 unspecified atom stereocenters. The predicted molar refractivity (Wildman–Crippen MR) is 71.0 cm³/mol. The molecule has 0 aliphatic carbocycles. The molecule has 0 aromatic carbocycles. The Kier molecular flexibility index (Phi) is 3.10. The first-order valence-electron chi connectivity index (χ1n) is 5.85. The highest BCUT2D eigenvalue weighted by Gasteiger charge is 2.39. The van der Waals surface area contributed by atoms with Crippen molar-refractivity contribution < 1.29 is 8.42 Å². The molecule has 2 rings (SSSR count). The van der Waals surface area contributed by atoms with Gasteiger partial charge in [-0.25, -0.2) is 20.8 Å². The molecule has 0 spiro atoms. The van der Waals surface area contributed by atoms with Crippen molar-refractivity contribution in [1.82, 2.24) is 14.4 Å². The van der Waals surface area contributed by atoms with Crippen LogP contribution in [0.3, 0.4) is 0 Å². The van der Waals surface area contributed by atoms with Gasteiger partial charge in [-0.3, -0.25) is 0 Å². The summed E-state index contributed by atoms with van der Waals surface area (Å²) in [4.78, 5) is 12.0. The molecule has 8 heteroatoms. The van der Waals surface area contributed by atoms with Crippen LogP contribution in [0.25, 0.3) is 0 Å². The lowest BCUT2D eigenvalue weighted by molar-refractivity contribution is 0.316. The minimum absolute atomic E-state index is 0.0929. The molecule has 1 atom stereocenters. The average Bonchev–Trinajstić information content (AvgIpc) is 2.32. The van der Waals surface area contributed by atoms with Gasteiger partial charge in [0.05, 0.1) is 0 Å². The molecular weight excluding hydrogens is 266 g/mol. The second kappa shape index (κ2) is 4.24. The summed E-state index contributed by atoms with van der Waals surface area (Å²) >= 11 is 0. The molecule has 0 radical (unpaired) electrons. The molecule has 104 valence electrons. The summed E-state index contributed by atoms with van der Waals surface area (Å²) in [6.07, 6.45) is 2.71. The van der Waals surface area contributed by atoms with Crippen molar-refractivity contribution >= 4 is 21.7 Å². The minimum Gasteiger partial charge on any atom is -0.238 e. The van der Waals surface area contributed by atoms with Crippen LogP contribution >= 0.6 is 0 Å². The Morgan fingerprint density at radius 3 is 2.42 bits per heavy atom. The maximum Gasteiger partial charge on any atom is 0.300 e. The number of nitrogens with two attached hydrogens (primary N) is 1. The first-order valence-corrected chi connectivity index (χ1v) is 7.29. The number of hydrogen-bond acceptors (Lipinski definition) is 6. The molecule has 7 nitrogen and oxygen atoms in total. The maximum atomic E-state index is 12.3. The Hall–Kier alpha value is -1.54. The zero-order valence-electron chi connectivity index (χ0n) is 11.3. The molecule has 0 saturated carbocycles. The standard InChI is InChI=1S/C11H17N5O2S/c1-7(11(2,3)4)9-15-8-10(14-6-5-13-8)19(17,18)16(9)12/h5-7H,12H2,1-4H3. The number of aliphatic imine (C=N–C) groups is 1. The van der Waals surface area contributed by atoms with Crippen LogP contribution in [0, 0.1) is 11.3 Å². The first kappa shape index (κ1) is 13.9. The predicted octanol–water partition coefficient (Wildman–Crippen LogP) is 1.07. The molecule has 1 aromatic rings. The number of amidine groups is 1. The number of nitrogens with zero attached hydrogens (tertiary/aromatic N) is 4. The summed E-state index contributed by atoms with van der Waals surface area (Å²) in [5, 5.41) is -0.206. The van der Waals surface area contributed by atoms with Gasteiger partial charge >= 0.3 is 0 Å². The van der Waals surface area contributed by atoms with Gasteiger partial charge in [0, 0.05) is 18.3 Å². The first-order chi connectivity index (χ1) is 8.65. The summed E-state index contributed by atoms with van der Waals surface area (Å²) in [6.45, 7) is 7.86. The third-order valence-corrected chi connectivity index (χ3v) is 4.76. The number of aromatic nitrogens is 2. The second-order valence-corrected chi connectivity index (χ2v) is 7.27. The van der Waals surface area contributed by atoms with Crippen LogP contribution in [0.2, 0.25) is 0 Å². The summed E-state index contributed by atoms with van der Waals surface area (Å²) < 4.78 is 25.2. The van der Waals surface area contributed by atoms with Crippen LogP contribution in [0.4, 0.5) is 5.82 Å². The maximum absolute atomic E-state index is 12.3. The van der Waals surface area contributed by atoms with Crippen molar-refractivity contribution in [3.63, 3.8) is 0 Å². The van der Waals surface area contributed by atoms with Gasteiger partial charge in [0.2, 0.25) is 5.03 Å². The third-order valence-electron chi connectivity index (χ3n) is 3.28. The summed E-state index contributed by atoms with van der Waals surface area (Å²) in [5.41, 5.74) is -0.175. The van der Waals surface area contributed by atoms with E-state index in [0.29, 0.717) is 4.41 Å². The van der Waals surface area contributed by atoms with Gasteiger partial charge in [-0.2, -0.15) is 12.8 Å². The van der Waals surface area contributed by atoms with Gasteiger partial charge in [-0.15, -0.1) is 0 Å². The SMILES string of the molecule is CC(C1=Nc2nccnc2S(=O)(=O)N1N)C(C)(C)C. The van der Waals surface area contributed by atoms with Crippen LogP contribution in [0.15, 0.2) is 22.4 Å². The Bertz CT molecular complexity index is 633. The van der Waals surface area contributed by atoms with Gasteiger partial charge in [-0.1, -0.05) is 27.7 Å². The van der Waals surface area contributed by atoms with Crippen molar-refractivity contribution in [2.24, 2.45) is 22.2 Å². The molecule has 2 heterocycles. The van der Waals surface area contributed by atoms with E-state index in [9.17, 15) is 8.42 Å². The Balaban J connectivity index is 2.63. The molecule has 0 amide bonds. The Morgan fingerprint density at radius 1 is 1.26 bits per heavy atom. The van der Waals surface area contributed by atoms with Gasteiger partial charge in [-0.05, 0) is 5.41 Å². The highest BCUT2D eigenvalue weighted by atomic mass is 32.2. The lowest BCUT2D eigenvalue weighted by Gasteiger charge is -2.34. The summed E-state index contributed by atoms with van der Waals surface area (Å²) in [5.74, 6) is 5.94. The van der Waals surface area contributed by atoms with E-state index in [1.165, 1.54) is 12.4 Å². The second-order valence-electron chi connectivity index (χ2n) is 5.54. The highest BCUT2D eigenvalue weighted by molar-refractivity contribution is 7.89. The van der Waals surface area contributed by atoms with Crippen molar-refractivity contribution in [2.45, 2.75) is 32.7 Å². The largest absolute Gasteiger partial charge is 0.300 e. The quantitative estimate of drug-likeness (QED) is 0.777. The molecule has 19 heavy (non-hydrogen) atoms. The van der Waals surface area contributed by atoms with E-state index in [1.54, 1.807) is 0 Å². The van der Waals surface area contributed by atoms with E-state index in [-0.39, 0.29) is 28.0 Å². The van der Waals surface area contributed by atoms with Gasteiger partial charge < -0.3 is 0 Å². The average molecular weight is 283 g/mol. The molecule has 1 aromatic heterocycles. The van der Waals surface area contributed by atoms with Crippen LogP contribution in [0.5, 0.6) is 0 Å². The third kappa shape index (κ3) is 2.21. The Labute approximate surface area is 112 Å². The molecule has 2 N–H and O–H groups in total. The lowest BCUT2D eigenvalue weighted by atomic mass is 9.81. The van der Waals surface area contributed by atoms with Crippen LogP contribution < -0.4 is 5.84 Å². The minimum atomic E-state index is -3.87. The van der Waals surface area contributed by atoms with Crippen LogP contribution in [0.1, 0.15) is 27.7 Å². The zero-order valence-corrected chi connectivity index (χ0v) is 12.1. The molecule has 1 aliphatic rings. The van der Waals surface area contributed by atoms with Gasteiger partial charge in [0.1, 0.15) is 5.84 Å². The molecule has 0 bridgehead atoms. The topological polar surface area (TPSA) is 102 Å². The fourth-order valence-corrected chi connectivity index (χ4v) is 2.78. The van der Waals surface area contributed by atoms with Crippen molar-refractivity contribution in [2.75, 3.05) is 0 Å². The van der Waals surface area contributed by atoms with Gasteiger partial charge in [0.15, 0.2) is 5.82 Å². The van der Waals surface area contributed by atoms with E-state index >= 15 is 0 Å². The van der Waals surface area contributed by atoms with Crippen molar-refractivity contribution in [3.8, 4) is 0 Å². The van der Waals surface area contributed by atoms with Gasteiger partial charge in [0.25, 0.3) is 10.0 Å². The summed E-state index contributed by atoms with van der Waals surface area (Å²) in [7, 11) is -3.87. The number of fused-ring (bicyclic) bond motifs is 1. The molecule has 1 aliphatic heterocycles. The van der Waals surface area contributed by atoms with Crippen LogP contribution in [-0.2, 0) is 10.0 Å². The number of hydrogen-bond donors (Lipinski definition) is 1. The normalized spacial score (nSPS) is 19.6. The Morgan fingerprint density at radius 2 is 1.84 bits per heavy atom. The number of hydrazine groups is 1. The fraction of sp³-hybridized carbons (Fsp3) is 0.545. The number of rotatable bonds is 1. The van der Waals surface area contributed by atoms with Crippen molar-refractivity contribution in [3.05, 3.63) is 12.4 Å². The van der Waals surface area contributed by atoms with Crippen LogP contribution in [-0.4, -0.2) is 28.6 Å². The monoisotopic (exact) mass is 283 g/mol. The van der Waals surface area contributed by atoms with E-state index in [4.69, 9.17) is 5.84 Å². The smallest absolute Gasteiger partial charge is 0.238 e. The molecule has 0 fully saturated rings. The molecular formula is C11H17N5O2S. The molecule has 0 saturated heterocycles. The lowest BCUT2D eigenvalue weighted by Crippen LogP contribution is -2.49. The zero-order chi connectivity index (χ0) is 14.4. The van der Waals surface area contributed by atoms with E-state index in [0.717, 1.165) is 0 Å². The fourth-order valence-electron chi connectivity index (χ4n) is 1.63. The number of sulfonamides is 1.